The van der Waals surface area contributed by atoms with Gasteiger partial charge < -0.3 is 14.9 Å². The molecule has 1 saturated heterocycles. The van der Waals surface area contributed by atoms with E-state index in [1.807, 2.05) is 0 Å². The van der Waals surface area contributed by atoms with E-state index in [0.29, 0.717) is 3.59 Å². The molecule has 3 atom stereocenters. The number of unbranched alkanes of at least 4 members (excludes halogenated alkanes) is 6. The maximum atomic E-state index is 14.5. The zero-order valence-electron chi connectivity index (χ0n) is 48.8. The molecule has 484 valence electrons. The minimum absolute atomic E-state index is 0. The summed E-state index contributed by atoms with van der Waals surface area (Å²) in [6.45, 7) is 13.5. The molecule has 0 amide bonds. The van der Waals surface area contributed by atoms with E-state index in [2.05, 4.69) is 41.5 Å². The molecule has 0 aliphatic carbocycles. The molecule has 23 heteroatoms. The summed E-state index contributed by atoms with van der Waals surface area (Å²) in [4.78, 5) is 0. The number of hydrogen-bond acceptors (Lipinski definition) is 6. The van der Waals surface area contributed by atoms with Crippen LogP contribution in [0.4, 0.5) is 39.5 Å². The summed E-state index contributed by atoms with van der Waals surface area (Å²) in [5.74, 6) is 3.35. The average molecular weight is 1550 g/mol. The largest absolute Gasteiger partial charge is 0.433 e. The molecule has 4 N–H and O–H groups in total. The van der Waals surface area contributed by atoms with Crippen LogP contribution in [0.5, 0.6) is 0 Å². The van der Waals surface area contributed by atoms with Gasteiger partial charge in [0.25, 0.3) is 0 Å². The minimum atomic E-state index is -5.05. The van der Waals surface area contributed by atoms with E-state index in [1.54, 1.807) is 11.8 Å². The Kier molecular flexibility index (Phi) is 37.6. The van der Waals surface area contributed by atoms with E-state index in [1.165, 1.54) is 49.2 Å². The molecule has 0 bridgehead atoms. The van der Waals surface area contributed by atoms with Crippen molar-refractivity contribution in [3.63, 3.8) is 0 Å². The van der Waals surface area contributed by atoms with E-state index in [-0.39, 0.29) is 49.7 Å². The van der Waals surface area contributed by atoms with Crippen LogP contribution in [-0.2, 0) is 26.3 Å². The van der Waals surface area contributed by atoms with Crippen molar-refractivity contribution in [2.24, 2.45) is 0 Å². The van der Waals surface area contributed by atoms with Crippen molar-refractivity contribution in [1.82, 2.24) is 0 Å². The fourth-order valence-electron chi connectivity index (χ4n) is 10.4. The van der Waals surface area contributed by atoms with Crippen LogP contribution in [-0.4, -0.2) is 109 Å². The molecule has 1 fully saturated rings. The third-order valence-electron chi connectivity index (χ3n) is 15.1. The van der Waals surface area contributed by atoms with Gasteiger partial charge in [-0.2, -0.15) is 13.2 Å². The van der Waals surface area contributed by atoms with Crippen LogP contribution in [0.3, 0.4) is 0 Å². The van der Waals surface area contributed by atoms with Gasteiger partial charge in [-0.1, -0.05) is 42.5 Å². The Bertz CT molecular complexity index is 2480. The molecular weight excluding hydrogens is 1460 g/mol. The maximum Gasteiger partial charge on any atom is 0.433 e. The first kappa shape index (κ1) is 82.2. The Morgan fingerprint density at radius 3 is 1.26 bits per heavy atom. The monoisotopic (exact) mass is 1550 g/mol. The molecule has 0 saturated carbocycles. The topological polar surface area (TPSA) is 99.4 Å². The predicted molar refractivity (Wildman–Crippen MR) is 338 cm³/mol. The summed E-state index contributed by atoms with van der Waals surface area (Å²) in [7, 11) is 0. The van der Waals surface area contributed by atoms with Crippen LogP contribution in [0, 0.1) is 11.8 Å². The Labute approximate surface area is 537 Å². The number of alkyl halides is 9. The van der Waals surface area contributed by atoms with Gasteiger partial charge in [-0.05, 0) is 31.0 Å². The van der Waals surface area contributed by atoms with Crippen molar-refractivity contribution in [2.45, 2.75) is 201 Å². The SMILES string of the molecule is C.C1CCOC1.CCC[CH2][Sn]([CH2]CCC)([CH2]CCC)/[C](=C/C(O)(c1cc(Cl)cc(Cl)c1)C(F)(F)F)CO.CCC[CH2][Sn]([CH2]CCC)([CH2]CCC)[C]1=CC(c2cc(Cl)cc(Cl)c2)(C(F)(F)F)OC1.OCC#CC(O)(c1cc(Cl)cc(Cl)c1)C(F)(F)F. The molecule has 0 spiro atoms. The van der Waals surface area contributed by atoms with Gasteiger partial charge in [-0.3, -0.25) is 0 Å². The molecule has 85 heavy (non-hydrogen) atoms. The number of aliphatic hydroxyl groups is 4. The van der Waals surface area contributed by atoms with Gasteiger partial charge in [0.05, 0.1) is 0 Å². The quantitative estimate of drug-likeness (QED) is 0.0383. The van der Waals surface area contributed by atoms with Crippen LogP contribution in [0.25, 0.3) is 0 Å². The van der Waals surface area contributed by atoms with Gasteiger partial charge in [0, 0.05) is 28.8 Å². The Hall–Kier alpha value is -0.833. The first-order valence-electron chi connectivity index (χ1n) is 28.8. The van der Waals surface area contributed by atoms with Crippen LogP contribution in [0.15, 0.2) is 73.9 Å². The number of aliphatic hydroxyl groups excluding tert-OH is 2. The fourth-order valence-corrected chi connectivity index (χ4v) is 44.3. The van der Waals surface area contributed by atoms with Gasteiger partial charge in [-0.25, -0.2) is 0 Å². The summed E-state index contributed by atoms with van der Waals surface area (Å²) in [5.41, 5.74) is -10.2. The maximum absolute atomic E-state index is 14.5. The summed E-state index contributed by atoms with van der Waals surface area (Å²) < 4.78 is 143. The second-order valence-corrected chi connectivity index (χ2v) is 50.9. The summed E-state index contributed by atoms with van der Waals surface area (Å²) >= 11 is 28.8. The van der Waals surface area contributed by atoms with Gasteiger partial charge in [-0.15, -0.1) is 0 Å². The minimum Gasteiger partial charge on any atom is -0.384 e. The van der Waals surface area contributed by atoms with Gasteiger partial charge >= 0.3 is 400 Å². The molecular formula is C62H87Cl6F9O6Sn2. The van der Waals surface area contributed by atoms with E-state index < -0.39 is 96.4 Å². The number of ether oxygens (including phenoxy) is 2. The molecule has 2 aliphatic heterocycles. The van der Waals surface area contributed by atoms with Crippen LogP contribution in [0.1, 0.15) is 156 Å². The standard InChI is InChI=1S/C11H8Cl2F3O2.C11H7Cl2F3O2.C11H6Cl2F3O.C4H8O.6C4H9.CH4.2Sn/c2*12-8-4-7(5-9(13)6-8)10(18,2-1-3-17)11(14,15)16;12-8-4-7(5-9(13)6-8)10(11(14,15)16)2-1-3-17-10;1-2-4-5-3-1;6*1-3-4-2;;;/h2,4-6,17-18H,3H2;4-6,17-18H,3H2;2,4-6H,3H2;1-4H2;6*1,3-4H2,2H3;1H4;;. The molecule has 2 aliphatic rings. The molecule has 6 nitrogen and oxygen atoms in total. The van der Waals surface area contributed by atoms with E-state index in [0.717, 1.165) is 151 Å². The van der Waals surface area contributed by atoms with E-state index >= 15 is 0 Å². The smallest absolute Gasteiger partial charge is 0.384 e. The van der Waals surface area contributed by atoms with Crippen molar-refractivity contribution in [3.05, 3.63) is 121 Å². The second kappa shape index (κ2) is 38.9. The van der Waals surface area contributed by atoms with Crippen molar-refractivity contribution >= 4 is 106 Å². The van der Waals surface area contributed by atoms with E-state index in [9.17, 15) is 54.8 Å². The molecule has 0 radical (unpaired) electrons. The Balaban J connectivity index is 0.000000624. The Morgan fingerprint density at radius 1 is 0.565 bits per heavy atom. The van der Waals surface area contributed by atoms with Gasteiger partial charge in [0.1, 0.15) is 6.61 Å². The zero-order valence-corrected chi connectivity index (χ0v) is 59.0. The fraction of sp³-hybridized carbons (Fsp3) is 0.613. The molecule has 0 aromatic heterocycles. The normalized spacial score (nSPS) is 17.1. The predicted octanol–water partition coefficient (Wildman–Crippen LogP) is 21.3. The molecule has 2 heterocycles. The average Bonchev–Trinajstić information content (AvgIpc) is 4.12. The van der Waals surface area contributed by atoms with Crippen molar-refractivity contribution in [2.75, 3.05) is 33.0 Å². The number of hydrogen-bond donors (Lipinski definition) is 4. The van der Waals surface area contributed by atoms with Crippen LogP contribution < -0.4 is 0 Å². The van der Waals surface area contributed by atoms with Gasteiger partial charge in [0.2, 0.25) is 5.60 Å². The number of rotatable bonds is 25. The van der Waals surface area contributed by atoms with Crippen molar-refractivity contribution < 1.29 is 69.4 Å². The van der Waals surface area contributed by atoms with E-state index in [4.69, 9.17) is 84.2 Å². The number of benzene rings is 3. The van der Waals surface area contributed by atoms with Crippen molar-refractivity contribution in [3.8, 4) is 11.8 Å². The van der Waals surface area contributed by atoms with Crippen LogP contribution >= 0.6 is 69.6 Å². The third-order valence-corrected chi connectivity index (χ3v) is 48.3. The van der Waals surface area contributed by atoms with Crippen molar-refractivity contribution in [1.29, 1.82) is 0 Å². The third kappa shape index (κ3) is 24.3. The zero-order chi connectivity index (χ0) is 63.6. The summed E-state index contributed by atoms with van der Waals surface area (Å²) in [6, 6.07) is 10.7. The van der Waals surface area contributed by atoms with Gasteiger partial charge in [0.15, 0.2) is 0 Å². The first-order valence-corrected chi connectivity index (χ1v) is 46.0. The van der Waals surface area contributed by atoms with Crippen LogP contribution in [0.2, 0.25) is 56.8 Å². The number of halogens is 15. The second-order valence-electron chi connectivity index (χ2n) is 21.4. The molecule has 3 aromatic rings. The molecule has 3 unspecified atom stereocenters. The summed E-state index contributed by atoms with van der Waals surface area (Å²) in [5, 5.41) is 39.7. The summed E-state index contributed by atoms with van der Waals surface area (Å²) in [6.07, 6.45) is 2.36. The molecule has 5 rings (SSSR count). The molecule has 3 aromatic carbocycles. The first-order chi connectivity index (χ1) is 39.3. The Morgan fingerprint density at radius 2 is 0.941 bits per heavy atom.